The molecule has 0 saturated heterocycles. The highest BCUT2D eigenvalue weighted by Gasteiger charge is 2.16. The second kappa shape index (κ2) is 7.73. The Morgan fingerprint density at radius 1 is 1.30 bits per heavy atom. The molecule has 0 spiro atoms. The Bertz CT molecular complexity index is 510. The molecule has 0 radical (unpaired) electrons. The molecule has 106 valence electrons. The first-order valence-corrected chi connectivity index (χ1v) is 5.84. The third-order valence-electron chi connectivity index (χ3n) is 2.43. The lowest BCUT2D eigenvalue weighted by Crippen LogP contribution is -2.48. The lowest BCUT2D eigenvalue weighted by atomic mass is 10.2. The van der Waals surface area contributed by atoms with Gasteiger partial charge in [-0.05, 0) is 11.6 Å². The van der Waals surface area contributed by atoms with Crippen molar-refractivity contribution in [2.24, 2.45) is 0 Å². The number of hydrogen-bond acceptors (Lipinski definition) is 5. The van der Waals surface area contributed by atoms with E-state index in [0.29, 0.717) is 0 Å². The van der Waals surface area contributed by atoms with Gasteiger partial charge in [0.25, 0.3) is 0 Å². The largest absolute Gasteiger partial charge is 0.548 e. The van der Waals surface area contributed by atoms with Crippen LogP contribution in [0.15, 0.2) is 36.4 Å². The van der Waals surface area contributed by atoms with E-state index in [1.54, 1.807) is 24.3 Å². The number of carboxylic acid groups (broad SMARTS) is 1. The molecule has 0 saturated carbocycles. The van der Waals surface area contributed by atoms with Gasteiger partial charge >= 0.3 is 5.97 Å². The van der Waals surface area contributed by atoms with E-state index in [-0.39, 0.29) is 0 Å². The molecular weight excluding hydrogens is 262 g/mol. The number of benzene rings is 1. The highest BCUT2D eigenvalue weighted by Crippen LogP contribution is 2.01. The zero-order valence-electron chi connectivity index (χ0n) is 10.9. The lowest BCUT2D eigenvalue weighted by Gasteiger charge is -2.17. The van der Waals surface area contributed by atoms with Gasteiger partial charge < -0.3 is 20.0 Å². The molecule has 1 aromatic carbocycles. The second-order valence-electron chi connectivity index (χ2n) is 3.90. The van der Waals surface area contributed by atoms with Crippen molar-refractivity contribution in [1.82, 2.24) is 5.32 Å². The molecule has 1 unspecified atom stereocenters. The predicted molar refractivity (Wildman–Crippen MR) is 69.0 cm³/mol. The summed E-state index contributed by atoms with van der Waals surface area (Å²) >= 11 is 0. The van der Waals surface area contributed by atoms with Crippen LogP contribution in [0.4, 0.5) is 0 Å². The fraction of sp³-hybridized carbons (Fsp3) is 0.214. The van der Waals surface area contributed by atoms with Gasteiger partial charge in [-0.1, -0.05) is 30.3 Å². The van der Waals surface area contributed by atoms with E-state index in [9.17, 15) is 19.5 Å². The number of amides is 1. The number of nitrogens with one attached hydrogen (secondary N) is 1. The van der Waals surface area contributed by atoms with Gasteiger partial charge in [0.1, 0.15) is 0 Å². The molecule has 0 aromatic heterocycles. The molecule has 1 rings (SSSR count). The van der Waals surface area contributed by atoms with Crippen molar-refractivity contribution < 1.29 is 24.2 Å². The van der Waals surface area contributed by atoms with E-state index in [2.05, 4.69) is 10.1 Å². The third-order valence-corrected chi connectivity index (χ3v) is 2.43. The maximum atomic E-state index is 11.6. The van der Waals surface area contributed by atoms with E-state index < -0.39 is 30.3 Å². The quantitative estimate of drug-likeness (QED) is 0.558. The summed E-state index contributed by atoms with van der Waals surface area (Å²) in [6, 6.07) is 7.59. The molecule has 0 fully saturated rings. The summed E-state index contributed by atoms with van der Waals surface area (Å²) in [5.41, 5.74) is 0.792. The van der Waals surface area contributed by atoms with Crippen LogP contribution >= 0.6 is 0 Å². The summed E-state index contributed by atoms with van der Waals surface area (Å²) in [6.07, 6.45) is 2.23. The monoisotopic (exact) mass is 276 g/mol. The fourth-order valence-electron chi connectivity index (χ4n) is 1.40. The number of carbonyl (C=O) groups excluding carboxylic acids is 3. The molecule has 1 atom stereocenters. The molecule has 6 heteroatoms. The van der Waals surface area contributed by atoms with E-state index in [4.69, 9.17) is 0 Å². The Hall–Kier alpha value is -2.63. The minimum atomic E-state index is -1.54. The highest BCUT2D eigenvalue weighted by molar-refractivity contribution is 5.95. The van der Waals surface area contributed by atoms with E-state index in [0.717, 1.165) is 12.7 Å². The minimum Gasteiger partial charge on any atom is -0.548 e. The van der Waals surface area contributed by atoms with E-state index in [1.807, 2.05) is 6.07 Å². The zero-order valence-corrected chi connectivity index (χ0v) is 10.9. The second-order valence-corrected chi connectivity index (χ2v) is 3.90. The smallest absolute Gasteiger partial charge is 0.307 e. The van der Waals surface area contributed by atoms with Crippen LogP contribution in [0.1, 0.15) is 12.0 Å². The molecule has 1 N–H and O–H groups in total. The summed E-state index contributed by atoms with van der Waals surface area (Å²) in [7, 11) is 1.13. The first kappa shape index (κ1) is 15.4. The fourth-order valence-corrected chi connectivity index (χ4v) is 1.40. The number of methoxy groups -OCH3 is 1. The van der Waals surface area contributed by atoms with Crippen molar-refractivity contribution >= 4 is 23.9 Å². The topological polar surface area (TPSA) is 95.5 Å². The van der Waals surface area contributed by atoms with Crippen LogP contribution in [0.2, 0.25) is 0 Å². The average molecular weight is 276 g/mol. The highest BCUT2D eigenvalue weighted by atomic mass is 16.5. The maximum absolute atomic E-state index is 11.6. The van der Waals surface area contributed by atoms with Crippen LogP contribution in [0.3, 0.4) is 0 Å². The van der Waals surface area contributed by atoms with Crippen LogP contribution in [-0.4, -0.2) is 31.0 Å². The molecule has 0 aliphatic rings. The SMILES string of the molecule is COC(=O)CC(NC(=O)C=Cc1ccccc1)C(=O)[O-]. The molecule has 1 amide bonds. The molecule has 6 nitrogen and oxygen atoms in total. The van der Waals surface area contributed by atoms with Crippen LogP contribution in [0, 0.1) is 0 Å². The summed E-state index contributed by atoms with van der Waals surface area (Å²) in [5, 5.41) is 13.0. The number of rotatable bonds is 6. The Morgan fingerprint density at radius 2 is 1.95 bits per heavy atom. The number of esters is 1. The molecule has 0 aliphatic carbocycles. The van der Waals surface area contributed by atoms with Gasteiger partial charge in [-0.3, -0.25) is 9.59 Å². The number of carbonyl (C=O) groups is 3. The van der Waals surface area contributed by atoms with E-state index >= 15 is 0 Å². The summed E-state index contributed by atoms with van der Waals surface area (Å²) in [5.74, 6) is -2.92. The van der Waals surface area contributed by atoms with Crippen molar-refractivity contribution in [3.63, 3.8) is 0 Å². The Labute approximate surface area is 116 Å². The average Bonchev–Trinajstić information content (AvgIpc) is 2.45. The lowest BCUT2D eigenvalue weighted by molar-refractivity contribution is -0.308. The summed E-state index contributed by atoms with van der Waals surface area (Å²) < 4.78 is 4.34. The van der Waals surface area contributed by atoms with Gasteiger partial charge in [0.15, 0.2) is 0 Å². The van der Waals surface area contributed by atoms with Crippen LogP contribution < -0.4 is 10.4 Å². The normalized spacial score (nSPS) is 11.8. The van der Waals surface area contributed by atoms with Gasteiger partial charge in [-0.2, -0.15) is 0 Å². The minimum absolute atomic E-state index is 0.482. The van der Waals surface area contributed by atoms with Crippen molar-refractivity contribution in [2.75, 3.05) is 7.11 Å². The van der Waals surface area contributed by atoms with Gasteiger partial charge in [0.2, 0.25) is 5.91 Å². The van der Waals surface area contributed by atoms with Gasteiger partial charge in [0.05, 0.1) is 25.5 Å². The first-order valence-electron chi connectivity index (χ1n) is 5.84. The predicted octanol–water partition coefficient (Wildman–Crippen LogP) is -0.502. The summed E-state index contributed by atoms with van der Waals surface area (Å²) in [4.78, 5) is 33.4. The molecule has 0 heterocycles. The van der Waals surface area contributed by atoms with Gasteiger partial charge in [-0.25, -0.2) is 0 Å². The number of hydrogen-bond donors (Lipinski definition) is 1. The zero-order chi connectivity index (χ0) is 15.0. The first-order chi connectivity index (χ1) is 9.52. The molecule has 0 bridgehead atoms. The van der Waals surface area contributed by atoms with Crippen molar-refractivity contribution in [3.8, 4) is 0 Å². The molecule has 1 aromatic rings. The Balaban J connectivity index is 2.60. The third kappa shape index (κ3) is 5.34. The standard InChI is InChI=1S/C14H15NO5/c1-20-13(17)9-11(14(18)19)15-12(16)8-7-10-5-3-2-4-6-10/h2-8,11H,9H2,1H3,(H,15,16)(H,18,19)/p-1. The van der Waals surface area contributed by atoms with Crippen LogP contribution in [0.25, 0.3) is 6.08 Å². The Morgan fingerprint density at radius 3 is 2.50 bits per heavy atom. The Kier molecular flexibility index (Phi) is 5.96. The molecule has 0 aliphatic heterocycles. The van der Waals surface area contributed by atoms with E-state index in [1.165, 1.54) is 12.2 Å². The van der Waals surface area contributed by atoms with Gasteiger partial charge in [0, 0.05) is 6.08 Å². The van der Waals surface area contributed by atoms with Crippen LogP contribution in [0.5, 0.6) is 0 Å². The number of carboxylic acids is 1. The molecular formula is C14H14NO5-. The number of aliphatic carboxylic acids is 1. The maximum Gasteiger partial charge on any atom is 0.307 e. The van der Waals surface area contributed by atoms with Crippen molar-refractivity contribution in [3.05, 3.63) is 42.0 Å². The molecule has 20 heavy (non-hydrogen) atoms. The summed E-state index contributed by atoms with van der Waals surface area (Å²) in [6.45, 7) is 0. The van der Waals surface area contributed by atoms with Crippen molar-refractivity contribution in [1.29, 1.82) is 0 Å². The van der Waals surface area contributed by atoms with Crippen LogP contribution in [-0.2, 0) is 19.1 Å². The van der Waals surface area contributed by atoms with Crippen molar-refractivity contribution in [2.45, 2.75) is 12.5 Å². The van der Waals surface area contributed by atoms with Gasteiger partial charge in [-0.15, -0.1) is 0 Å². The number of ether oxygens (including phenoxy) is 1.